The summed E-state index contributed by atoms with van der Waals surface area (Å²) in [6, 6.07) is 10.4. The molecule has 1 heterocycles. The molecule has 1 unspecified atom stereocenters. The fourth-order valence-electron chi connectivity index (χ4n) is 3.21. The normalized spacial score (nSPS) is 25.5. The number of amides is 1. The molecule has 1 atom stereocenters. The number of rotatable bonds is 3. The summed E-state index contributed by atoms with van der Waals surface area (Å²) >= 11 is 0. The molecule has 1 saturated heterocycles. The highest BCUT2D eigenvalue weighted by Gasteiger charge is 2.55. The summed E-state index contributed by atoms with van der Waals surface area (Å²) in [7, 11) is 0. The van der Waals surface area contributed by atoms with Crippen LogP contribution in [0, 0.1) is 5.41 Å². The van der Waals surface area contributed by atoms with E-state index >= 15 is 0 Å². The average Bonchev–Trinajstić information content (AvgIpc) is 2.59. The summed E-state index contributed by atoms with van der Waals surface area (Å²) in [5, 5.41) is 0. The smallest absolute Gasteiger partial charge is 0.230 e. The Hall–Kier alpha value is -1.35. The van der Waals surface area contributed by atoms with Gasteiger partial charge in [-0.3, -0.25) is 4.79 Å². The highest BCUT2D eigenvalue weighted by atomic mass is 16.2. The Morgan fingerprint density at radius 3 is 2.56 bits per heavy atom. The van der Waals surface area contributed by atoms with Crippen LogP contribution in [0.15, 0.2) is 30.3 Å². The Bertz CT molecular complexity index is 439. The zero-order valence-corrected chi connectivity index (χ0v) is 10.6. The van der Waals surface area contributed by atoms with E-state index in [9.17, 15) is 4.79 Å². The van der Waals surface area contributed by atoms with Crippen molar-refractivity contribution in [2.75, 3.05) is 13.1 Å². The van der Waals surface area contributed by atoms with Crippen molar-refractivity contribution in [1.29, 1.82) is 0 Å². The third kappa shape index (κ3) is 1.74. The third-order valence-corrected chi connectivity index (χ3v) is 4.60. The minimum absolute atomic E-state index is 0.0505. The van der Waals surface area contributed by atoms with E-state index in [0.717, 1.165) is 38.8 Å². The summed E-state index contributed by atoms with van der Waals surface area (Å²) in [6.07, 6.45) is 4.07. The van der Waals surface area contributed by atoms with Gasteiger partial charge < -0.3 is 10.6 Å². The molecule has 0 bridgehead atoms. The topological polar surface area (TPSA) is 46.3 Å². The molecule has 1 amide bonds. The molecule has 3 heteroatoms. The molecule has 3 rings (SSSR count). The lowest BCUT2D eigenvalue weighted by atomic mass is 9.65. The first-order chi connectivity index (χ1) is 8.72. The fourth-order valence-corrected chi connectivity index (χ4v) is 3.21. The van der Waals surface area contributed by atoms with Crippen LogP contribution in [0.5, 0.6) is 0 Å². The van der Waals surface area contributed by atoms with Crippen molar-refractivity contribution in [3.63, 3.8) is 0 Å². The van der Waals surface area contributed by atoms with Gasteiger partial charge in [0.05, 0.1) is 5.41 Å². The van der Waals surface area contributed by atoms with E-state index in [4.69, 9.17) is 5.73 Å². The average molecular weight is 244 g/mol. The van der Waals surface area contributed by atoms with Gasteiger partial charge in [0.2, 0.25) is 5.91 Å². The lowest BCUT2D eigenvalue weighted by molar-refractivity contribution is -0.140. The molecule has 2 fully saturated rings. The maximum absolute atomic E-state index is 12.4. The second-order valence-corrected chi connectivity index (χ2v) is 5.60. The number of carbonyl (C=O) groups excluding carboxylic acids is 1. The van der Waals surface area contributed by atoms with E-state index in [-0.39, 0.29) is 11.5 Å². The maximum atomic E-state index is 12.4. The maximum Gasteiger partial charge on any atom is 0.230 e. The lowest BCUT2D eigenvalue weighted by Gasteiger charge is -2.39. The van der Waals surface area contributed by atoms with Crippen LogP contribution in [0.25, 0.3) is 0 Å². The number of nitrogens with zero attached hydrogens (tertiary/aromatic N) is 1. The quantitative estimate of drug-likeness (QED) is 0.877. The van der Waals surface area contributed by atoms with Crippen molar-refractivity contribution in [3.8, 4) is 0 Å². The van der Waals surface area contributed by atoms with Crippen molar-refractivity contribution >= 4 is 5.91 Å². The largest absolute Gasteiger partial charge is 0.340 e. The van der Waals surface area contributed by atoms with Gasteiger partial charge in [-0.25, -0.2) is 0 Å². The first-order valence-electron chi connectivity index (χ1n) is 6.81. The van der Waals surface area contributed by atoms with Crippen LogP contribution in [0.2, 0.25) is 0 Å². The Balaban J connectivity index is 1.63. The summed E-state index contributed by atoms with van der Waals surface area (Å²) in [6.45, 7) is 1.55. The summed E-state index contributed by atoms with van der Waals surface area (Å²) in [4.78, 5) is 14.4. The van der Waals surface area contributed by atoms with Crippen LogP contribution < -0.4 is 5.73 Å². The van der Waals surface area contributed by atoms with Gasteiger partial charge in [0, 0.05) is 19.1 Å². The van der Waals surface area contributed by atoms with Crippen LogP contribution in [-0.2, 0) is 11.2 Å². The van der Waals surface area contributed by atoms with Crippen molar-refractivity contribution < 1.29 is 4.79 Å². The summed E-state index contributed by atoms with van der Waals surface area (Å²) in [5.74, 6) is 0.303. The first kappa shape index (κ1) is 11.7. The molecule has 0 radical (unpaired) electrons. The number of nitrogens with two attached hydrogens (primary N) is 1. The second kappa shape index (κ2) is 4.39. The van der Waals surface area contributed by atoms with Gasteiger partial charge in [0.25, 0.3) is 0 Å². The number of benzene rings is 1. The first-order valence-corrected chi connectivity index (χ1v) is 6.81. The predicted molar refractivity (Wildman–Crippen MR) is 71.0 cm³/mol. The lowest BCUT2D eigenvalue weighted by Crippen LogP contribution is -2.48. The van der Waals surface area contributed by atoms with Gasteiger partial charge >= 0.3 is 0 Å². The Labute approximate surface area is 108 Å². The Morgan fingerprint density at radius 1 is 1.28 bits per heavy atom. The minimum Gasteiger partial charge on any atom is -0.340 e. The molecule has 1 saturated carbocycles. The molecule has 1 aromatic rings. The van der Waals surface area contributed by atoms with Crippen LogP contribution in [-0.4, -0.2) is 29.9 Å². The Morgan fingerprint density at radius 2 is 2.00 bits per heavy atom. The van der Waals surface area contributed by atoms with Gasteiger partial charge in [-0.1, -0.05) is 36.8 Å². The van der Waals surface area contributed by atoms with Crippen molar-refractivity contribution in [3.05, 3.63) is 35.9 Å². The molecule has 96 valence electrons. The van der Waals surface area contributed by atoms with Crippen LogP contribution in [0.4, 0.5) is 0 Å². The number of hydrogen-bond acceptors (Lipinski definition) is 2. The predicted octanol–water partition coefficient (Wildman–Crippen LogP) is 1.57. The van der Waals surface area contributed by atoms with Gasteiger partial charge in [-0.15, -0.1) is 0 Å². The highest BCUT2D eigenvalue weighted by Crippen LogP contribution is 2.48. The number of hydrogen-bond donors (Lipinski definition) is 1. The van der Waals surface area contributed by atoms with E-state index in [0.29, 0.717) is 5.91 Å². The highest BCUT2D eigenvalue weighted by molar-refractivity contribution is 5.87. The van der Waals surface area contributed by atoms with Crippen LogP contribution in [0.3, 0.4) is 0 Å². The molecule has 2 aliphatic rings. The molecule has 2 N–H and O–H groups in total. The van der Waals surface area contributed by atoms with E-state index < -0.39 is 0 Å². The third-order valence-electron chi connectivity index (χ3n) is 4.60. The molecule has 1 aliphatic carbocycles. The minimum atomic E-state index is -0.184. The molecule has 18 heavy (non-hydrogen) atoms. The molecular formula is C15H20N2O. The van der Waals surface area contributed by atoms with E-state index in [2.05, 4.69) is 12.1 Å². The molecule has 1 spiro atoms. The molecule has 0 aromatic heterocycles. The van der Waals surface area contributed by atoms with Gasteiger partial charge in [0.1, 0.15) is 0 Å². The molecule has 3 nitrogen and oxygen atoms in total. The van der Waals surface area contributed by atoms with E-state index in [1.165, 1.54) is 5.56 Å². The second-order valence-electron chi connectivity index (χ2n) is 5.60. The SMILES string of the molecule is NC1CN(CCc2ccccc2)C(=O)C12CCC2. The summed E-state index contributed by atoms with van der Waals surface area (Å²) < 4.78 is 0. The standard InChI is InChI=1S/C15H20N2O/c16-13-11-17(14(18)15(13)8-4-9-15)10-7-12-5-2-1-3-6-12/h1-3,5-6,13H,4,7-11,16H2. The molecule has 1 aromatic carbocycles. The van der Waals surface area contributed by atoms with Gasteiger partial charge in [0.15, 0.2) is 0 Å². The monoisotopic (exact) mass is 244 g/mol. The number of likely N-dealkylation sites (tertiary alicyclic amines) is 1. The van der Waals surface area contributed by atoms with Gasteiger partial charge in [-0.2, -0.15) is 0 Å². The summed E-state index contributed by atoms with van der Waals surface area (Å²) in [5.41, 5.74) is 7.26. The van der Waals surface area contributed by atoms with Crippen LogP contribution >= 0.6 is 0 Å². The Kier molecular flexibility index (Phi) is 2.86. The van der Waals surface area contributed by atoms with E-state index in [1.807, 2.05) is 23.1 Å². The molecule has 1 aliphatic heterocycles. The van der Waals surface area contributed by atoms with Gasteiger partial charge in [-0.05, 0) is 24.8 Å². The van der Waals surface area contributed by atoms with Crippen molar-refractivity contribution in [2.24, 2.45) is 11.1 Å². The van der Waals surface area contributed by atoms with Crippen molar-refractivity contribution in [2.45, 2.75) is 31.7 Å². The number of carbonyl (C=O) groups is 1. The zero-order chi connectivity index (χ0) is 12.6. The van der Waals surface area contributed by atoms with Crippen LogP contribution in [0.1, 0.15) is 24.8 Å². The molecular weight excluding hydrogens is 224 g/mol. The van der Waals surface area contributed by atoms with Crippen molar-refractivity contribution in [1.82, 2.24) is 4.90 Å². The van der Waals surface area contributed by atoms with E-state index in [1.54, 1.807) is 0 Å². The zero-order valence-electron chi connectivity index (χ0n) is 10.6. The fraction of sp³-hybridized carbons (Fsp3) is 0.533.